The normalized spacial score (nSPS) is 39.7. The van der Waals surface area contributed by atoms with Crippen LogP contribution in [0.1, 0.15) is 13.3 Å². The van der Waals surface area contributed by atoms with E-state index in [2.05, 4.69) is 0 Å². The Morgan fingerprint density at radius 1 is 1.57 bits per heavy atom. The Morgan fingerprint density at radius 2 is 2.14 bits per heavy atom. The average Bonchev–Trinajstić information content (AvgIpc) is 1.95. The van der Waals surface area contributed by atoms with E-state index in [-0.39, 0.29) is 6.42 Å². The van der Waals surface area contributed by atoms with Crippen molar-refractivity contribution in [2.45, 2.75) is 37.9 Å². The van der Waals surface area contributed by atoms with Gasteiger partial charge in [-0.05, 0) is 6.92 Å². The molecule has 84 valence electrons. The first-order chi connectivity index (χ1) is 6.29. The van der Waals surface area contributed by atoms with Gasteiger partial charge in [-0.1, -0.05) is 0 Å². The molecule has 0 saturated carbocycles. The molecule has 0 aromatic carbocycles. The van der Waals surface area contributed by atoms with Gasteiger partial charge in [0.1, 0.15) is 6.10 Å². The molecule has 0 aliphatic carbocycles. The van der Waals surface area contributed by atoms with Gasteiger partial charge in [0.15, 0.2) is 6.29 Å². The summed E-state index contributed by atoms with van der Waals surface area (Å²) >= 11 is 0. The van der Waals surface area contributed by atoms with E-state index in [0.29, 0.717) is 0 Å². The van der Waals surface area contributed by atoms with Gasteiger partial charge in [0.2, 0.25) is 0 Å². The summed E-state index contributed by atoms with van der Waals surface area (Å²) in [7, 11) is -3.55. The minimum Gasteiger partial charge on any atom is -0.368 e. The Hall–Kier alpha value is -0.210. The summed E-state index contributed by atoms with van der Waals surface area (Å²) < 4.78 is 31.5. The zero-order valence-electron chi connectivity index (χ0n) is 8.08. The third-order valence-electron chi connectivity index (χ3n) is 2.02. The van der Waals surface area contributed by atoms with Crippen LogP contribution in [0.2, 0.25) is 0 Å². The molecule has 1 rings (SSSR count). The first-order valence-corrected chi connectivity index (χ1v) is 6.08. The second kappa shape index (κ2) is 4.11. The highest BCUT2D eigenvalue weighted by atomic mass is 32.2. The maximum absolute atomic E-state index is 10.9. The van der Waals surface area contributed by atoms with Gasteiger partial charge < -0.3 is 15.6 Å². The largest absolute Gasteiger partial charge is 0.368 e. The van der Waals surface area contributed by atoms with Crippen LogP contribution in [0.25, 0.3) is 0 Å². The van der Waals surface area contributed by atoms with Crippen molar-refractivity contribution in [1.82, 2.24) is 0 Å². The van der Waals surface area contributed by atoms with Gasteiger partial charge in [0.25, 0.3) is 10.1 Å². The predicted octanol–water partition coefficient (Wildman–Crippen LogP) is -1.21. The Bertz CT molecular complexity index is 278. The summed E-state index contributed by atoms with van der Waals surface area (Å²) in [6, 6.07) is -0.538. The molecule has 1 aliphatic rings. The Morgan fingerprint density at radius 3 is 2.57 bits per heavy atom. The van der Waals surface area contributed by atoms with Crippen LogP contribution in [-0.4, -0.2) is 44.3 Å². The van der Waals surface area contributed by atoms with Crippen molar-refractivity contribution in [3.8, 4) is 0 Å². The van der Waals surface area contributed by atoms with Crippen LogP contribution >= 0.6 is 0 Å². The van der Waals surface area contributed by atoms with Gasteiger partial charge in [0.05, 0.1) is 12.4 Å². The van der Waals surface area contributed by atoms with Crippen LogP contribution in [0.3, 0.4) is 0 Å². The Balaban J connectivity index is 2.68. The van der Waals surface area contributed by atoms with Gasteiger partial charge in [-0.25, -0.2) is 0 Å². The second-order valence-corrected chi connectivity index (χ2v) is 5.06. The standard InChI is InChI=1S/C7H15NO5S/c1-4-7(13-14(2,10)11)5(8)3-6(9)12-4/h4-7,9H,3,8H2,1-2H3. The van der Waals surface area contributed by atoms with E-state index < -0.39 is 34.7 Å². The summed E-state index contributed by atoms with van der Waals surface area (Å²) in [5.41, 5.74) is 5.64. The number of aliphatic hydroxyl groups excluding tert-OH is 1. The summed E-state index contributed by atoms with van der Waals surface area (Å²) in [6.07, 6.45) is -1.08. The summed E-state index contributed by atoms with van der Waals surface area (Å²) in [5.74, 6) is 0. The number of nitrogens with two attached hydrogens (primary N) is 1. The lowest BCUT2D eigenvalue weighted by Crippen LogP contribution is -2.53. The molecule has 1 fully saturated rings. The minimum absolute atomic E-state index is 0.171. The number of aliphatic hydroxyl groups is 1. The fraction of sp³-hybridized carbons (Fsp3) is 1.00. The van der Waals surface area contributed by atoms with Gasteiger partial charge in [-0.2, -0.15) is 8.42 Å². The van der Waals surface area contributed by atoms with E-state index in [4.69, 9.17) is 19.8 Å². The fourth-order valence-electron chi connectivity index (χ4n) is 1.45. The third kappa shape index (κ3) is 3.18. The number of hydrogen-bond donors (Lipinski definition) is 2. The number of hydrogen-bond acceptors (Lipinski definition) is 6. The molecule has 0 aromatic heterocycles. The third-order valence-corrected chi connectivity index (χ3v) is 2.59. The summed E-state index contributed by atoms with van der Waals surface area (Å²) in [6.45, 7) is 1.61. The van der Waals surface area contributed by atoms with E-state index in [1.165, 1.54) is 0 Å². The molecule has 14 heavy (non-hydrogen) atoms. The van der Waals surface area contributed by atoms with Crippen molar-refractivity contribution in [3.05, 3.63) is 0 Å². The second-order valence-electron chi connectivity index (χ2n) is 3.46. The first kappa shape index (κ1) is 11.9. The SMILES string of the molecule is CC1OC(O)CC(N)C1OS(C)(=O)=O. The van der Waals surface area contributed by atoms with Crippen LogP contribution in [0, 0.1) is 0 Å². The maximum Gasteiger partial charge on any atom is 0.264 e. The highest BCUT2D eigenvalue weighted by Gasteiger charge is 2.36. The minimum atomic E-state index is -3.55. The van der Waals surface area contributed by atoms with E-state index in [9.17, 15) is 8.42 Å². The zero-order chi connectivity index (χ0) is 10.9. The lowest BCUT2D eigenvalue weighted by Gasteiger charge is -2.35. The van der Waals surface area contributed by atoms with E-state index in [1.54, 1.807) is 6.92 Å². The van der Waals surface area contributed by atoms with Crippen molar-refractivity contribution < 1.29 is 22.4 Å². The fourth-order valence-corrected chi connectivity index (χ4v) is 2.15. The smallest absolute Gasteiger partial charge is 0.264 e. The molecule has 0 aromatic rings. The lowest BCUT2D eigenvalue weighted by molar-refractivity contribution is -0.192. The van der Waals surface area contributed by atoms with Gasteiger partial charge in [-0.15, -0.1) is 0 Å². The van der Waals surface area contributed by atoms with Crippen molar-refractivity contribution in [2.75, 3.05) is 6.26 Å². The molecule has 6 nitrogen and oxygen atoms in total. The Labute approximate surface area is 83.1 Å². The molecule has 0 spiro atoms. The summed E-state index contributed by atoms with van der Waals surface area (Å²) in [4.78, 5) is 0. The van der Waals surface area contributed by atoms with Gasteiger partial charge in [0, 0.05) is 12.5 Å². The van der Waals surface area contributed by atoms with E-state index in [0.717, 1.165) is 6.26 Å². The van der Waals surface area contributed by atoms with Crippen LogP contribution in [0.15, 0.2) is 0 Å². The molecule has 1 aliphatic heterocycles. The number of ether oxygens (including phenoxy) is 1. The predicted molar refractivity (Wildman–Crippen MR) is 48.9 cm³/mol. The topological polar surface area (TPSA) is 98.8 Å². The van der Waals surface area contributed by atoms with Crippen molar-refractivity contribution in [1.29, 1.82) is 0 Å². The molecular weight excluding hydrogens is 210 g/mol. The van der Waals surface area contributed by atoms with Crippen LogP contribution in [0.4, 0.5) is 0 Å². The van der Waals surface area contributed by atoms with Crippen LogP contribution in [-0.2, 0) is 19.0 Å². The molecule has 1 saturated heterocycles. The molecule has 0 bridgehead atoms. The van der Waals surface area contributed by atoms with Crippen molar-refractivity contribution >= 4 is 10.1 Å². The van der Waals surface area contributed by atoms with Crippen molar-refractivity contribution in [3.63, 3.8) is 0 Å². The first-order valence-electron chi connectivity index (χ1n) is 4.27. The quantitative estimate of drug-likeness (QED) is 0.572. The molecule has 4 unspecified atom stereocenters. The molecule has 3 N–H and O–H groups in total. The monoisotopic (exact) mass is 225 g/mol. The van der Waals surface area contributed by atoms with E-state index in [1.807, 2.05) is 0 Å². The van der Waals surface area contributed by atoms with E-state index >= 15 is 0 Å². The highest BCUT2D eigenvalue weighted by Crippen LogP contribution is 2.21. The van der Waals surface area contributed by atoms with Gasteiger partial charge >= 0.3 is 0 Å². The maximum atomic E-state index is 10.9. The highest BCUT2D eigenvalue weighted by molar-refractivity contribution is 7.86. The molecule has 7 heteroatoms. The zero-order valence-corrected chi connectivity index (χ0v) is 8.90. The molecule has 0 radical (unpaired) electrons. The average molecular weight is 225 g/mol. The molecule has 4 atom stereocenters. The summed E-state index contributed by atoms with van der Waals surface area (Å²) in [5, 5.41) is 9.16. The molecule has 1 heterocycles. The van der Waals surface area contributed by atoms with Crippen LogP contribution in [0.5, 0.6) is 0 Å². The van der Waals surface area contributed by atoms with Gasteiger partial charge in [-0.3, -0.25) is 4.18 Å². The number of rotatable bonds is 2. The molecular formula is C7H15NO5S. The lowest BCUT2D eigenvalue weighted by atomic mass is 10.0. The Kier molecular flexibility index (Phi) is 3.49. The van der Waals surface area contributed by atoms with Crippen LogP contribution < -0.4 is 5.73 Å². The molecule has 0 amide bonds. The van der Waals surface area contributed by atoms with Crippen molar-refractivity contribution in [2.24, 2.45) is 5.73 Å².